The molecule has 5 aliphatic rings. The van der Waals surface area contributed by atoms with Crippen LogP contribution in [-0.2, 0) is 4.74 Å². The second-order valence-electron chi connectivity index (χ2n) is 12.6. The van der Waals surface area contributed by atoms with Gasteiger partial charge in [-0.1, -0.05) is 15.9 Å². The number of fused-ring (bicyclic) bond motifs is 1. The SMILES string of the molecule is CC(C)(C)OC(=O)NC12CC3CC(C1)CC(Nc1c(C(=O)C4CC4)cnc4ccc(Br)cc14)(C3)C2. The molecule has 186 valence electrons. The van der Waals surface area contributed by atoms with E-state index in [-0.39, 0.29) is 28.9 Å². The fourth-order valence-electron chi connectivity index (χ4n) is 7.39. The number of nitrogens with zero attached hydrogens (tertiary/aromatic N) is 1. The summed E-state index contributed by atoms with van der Waals surface area (Å²) in [6.45, 7) is 5.71. The number of halogens is 1. The molecule has 2 N–H and O–H groups in total. The summed E-state index contributed by atoms with van der Waals surface area (Å²) in [4.78, 5) is 30.8. The summed E-state index contributed by atoms with van der Waals surface area (Å²) in [7, 11) is 0. The smallest absolute Gasteiger partial charge is 0.408 e. The zero-order valence-corrected chi connectivity index (χ0v) is 22.3. The van der Waals surface area contributed by atoms with E-state index in [9.17, 15) is 9.59 Å². The average Bonchev–Trinajstić information content (AvgIpc) is 3.56. The van der Waals surface area contributed by atoms with Gasteiger partial charge in [-0.15, -0.1) is 0 Å². The summed E-state index contributed by atoms with van der Waals surface area (Å²) in [5.74, 6) is 1.44. The highest BCUT2D eigenvalue weighted by Gasteiger charge is 2.59. The molecule has 0 saturated heterocycles. The molecule has 1 aromatic carbocycles. The third-order valence-corrected chi connectivity index (χ3v) is 8.75. The van der Waals surface area contributed by atoms with Crippen molar-refractivity contribution in [3.8, 4) is 0 Å². The first kappa shape index (κ1) is 23.3. The Balaban J connectivity index is 1.37. The normalized spacial score (nSPS) is 31.4. The fourth-order valence-corrected chi connectivity index (χ4v) is 7.75. The molecule has 1 heterocycles. The highest BCUT2D eigenvalue weighted by atomic mass is 79.9. The molecule has 7 rings (SSSR count). The van der Waals surface area contributed by atoms with E-state index in [1.165, 1.54) is 6.42 Å². The lowest BCUT2D eigenvalue weighted by Gasteiger charge is -2.62. The Morgan fingerprint density at radius 2 is 1.77 bits per heavy atom. The molecule has 2 aromatic rings. The van der Waals surface area contributed by atoms with Gasteiger partial charge in [0.1, 0.15) is 5.60 Å². The third-order valence-electron chi connectivity index (χ3n) is 8.26. The number of Topliss-reactive ketones (excluding diaryl/α,β-unsaturated/α-hetero) is 1. The number of carbonyl (C=O) groups excluding carboxylic acids is 2. The fraction of sp³-hybridized carbons (Fsp3) is 0.607. The number of anilines is 1. The molecule has 6 nitrogen and oxygen atoms in total. The number of amides is 1. The van der Waals surface area contributed by atoms with Crippen molar-refractivity contribution in [3.05, 3.63) is 34.4 Å². The third kappa shape index (κ3) is 4.45. The summed E-state index contributed by atoms with van der Waals surface area (Å²) in [5.41, 5.74) is 1.57. The van der Waals surface area contributed by atoms with Gasteiger partial charge in [0.15, 0.2) is 5.78 Å². The van der Waals surface area contributed by atoms with E-state index in [1.807, 2.05) is 32.9 Å². The van der Waals surface area contributed by atoms with E-state index in [1.54, 1.807) is 6.20 Å². The second-order valence-corrected chi connectivity index (χ2v) is 13.5. The largest absolute Gasteiger partial charge is 0.444 e. The Labute approximate surface area is 215 Å². The molecule has 0 spiro atoms. The molecular weight excluding hydrogens is 506 g/mol. The van der Waals surface area contributed by atoms with E-state index in [4.69, 9.17) is 4.74 Å². The molecule has 5 saturated carbocycles. The van der Waals surface area contributed by atoms with Crippen LogP contribution in [0.5, 0.6) is 0 Å². The highest BCUT2D eigenvalue weighted by Crippen LogP contribution is 2.59. The van der Waals surface area contributed by atoms with E-state index >= 15 is 0 Å². The van der Waals surface area contributed by atoms with Gasteiger partial charge in [0.2, 0.25) is 0 Å². The number of pyridine rings is 1. The zero-order chi connectivity index (χ0) is 24.6. The lowest BCUT2D eigenvalue weighted by molar-refractivity contribution is -0.0324. The van der Waals surface area contributed by atoms with Gasteiger partial charge in [-0.3, -0.25) is 9.78 Å². The van der Waals surface area contributed by atoms with Crippen molar-refractivity contribution in [2.45, 2.75) is 88.8 Å². The Kier molecular flexibility index (Phi) is 5.27. The minimum absolute atomic E-state index is 0.124. The van der Waals surface area contributed by atoms with Crippen molar-refractivity contribution < 1.29 is 14.3 Å². The second kappa shape index (κ2) is 7.92. The Morgan fingerprint density at radius 3 is 2.43 bits per heavy atom. The van der Waals surface area contributed by atoms with Gasteiger partial charge in [0, 0.05) is 33.1 Å². The van der Waals surface area contributed by atoms with Gasteiger partial charge in [0.05, 0.1) is 16.8 Å². The van der Waals surface area contributed by atoms with Crippen LogP contribution in [0.2, 0.25) is 0 Å². The molecule has 2 unspecified atom stereocenters. The first-order chi connectivity index (χ1) is 16.5. The van der Waals surface area contributed by atoms with Crippen LogP contribution in [0.25, 0.3) is 10.9 Å². The van der Waals surface area contributed by atoms with Crippen LogP contribution >= 0.6 is 15.9 Å². The maximum absolute atomic E-state index is 13.3. The molecule has 0 radical (unpaired) electrons. The molecular formula is C28H34BrN3O3. The number of aromatic nitrogens is 1. The van der Waals surface area contributed by atoms with E-state index < -0.39 is 5.60 Å². The lowest BCUT2D eigenvalue weighted by Crippen LogP contribution is -2.67. The standard InChI is InChI=1S/C28H34BrN3O3/c1-26(2,3)35-25(34)32-28-12-16-8-17(13-28)11-27(10-16,15-28)31-23-20-9-19(29)6-7-22(20)30-14-21(23)24(33)18-4-5-18/h6-7,9,14,16-18H,4-5,8,10-13,15H2,1-3H3,(H,30,31)(H,32,34). The highest BCUT2D eigenvalue weighted by molar-refractivity contribution is 9.10. The summed E-state index contributed by atoms with van der Waals surface area (Å²) >= 11 is 3.62. The quantitative estimate of drug-likeness (QED) is 0.417. The molecule has 7 heteroatoms. The predicted molar refractivity (Wildman–Crippen MR) is 140 cm³/mol. The number of ketones is 1. The van der Waals surface area contributed by atoms with E-state index in [0.717, 1.165) is 66.0 Å². The first-order valence-corrected chi connectivity index (χ1v) is 13.7. The van der Waals surface area contributed by atoms with Gasteiger partial charge >= 0.3 is 6.09 Å². The lowest BCUT2D eigenvalue weighted by atomic mass is 9.50. The van der Waals surface area contributed by atoms with Gasteiger partial charge < -0.3 is 15.4 Å². The number of benzene rings is 1. The van der Waals surface area contributed by atoms with Crippen molar-refractivity contribution in [3.63, 3.8) is 0 Å². The number of rotatable bonds is 5. The molecule has 1 aromatic heterocycles. The molecule has 4 bridgehead atoms. The average molecular weight is 541 g/mol. The molecule has 35 heavy (non-hydrogen) atoms. The topological polar surface area (TPSA) is 80.3 Å². The van der Waals surface area contributed by atoms with E-state index in [2.05, 4.69) is 37.6 Å². The van der Waals surface area contributed by atoms with Gasteiger partial charge in [-0.2, -0.15) is 0 Å². The number of carbonyl (C=O) groups is 2. The minimum atomic E-state index is -0.524. The van der Waals surface area contributed by atoms with Crippen LogP contribution in [0.4, 0.5) is 10.5 Å². The zero-order valence-electron chi connectivity index (χ0n) is 20.7. The van der Waals surface area contributed by atoms with Crippen molar-refractivity contribution in [1.82, 2.24) is 10.3 Å². The Hall–Kier alpha value is -2.15. The molecule has 5 fully saturated rings. The van der Waals surface area contributed by atoms with Crippen LogP contribution in [0.15, 0.2) is 28.9 Å². The van der Waals surface area contributed by atoms with E-state index in [0.29, 0.717) is 17.4 Å². The number of hydrogen-bond acceptors (Lipinski definition) is 5. The monoisotopic (exact) mass is 539 g/mol. The minimum Gasteiger partial charge on any atom is -0.444 e. The van der Waals surface area contributed by atoms with Crippen LogP contribution < -0.4 is 10.6 Å². The van der Waals surface area contributed by atoms with Gasteiger partial charge in [0.25, 0.3) is 0 Å². The van der Waals surface area contributed by atoms with Crippen molar-refractivity contribution in [2.75, 3.05) is 5.32 Å². The number of alkyl carbamates (subject to hydrolysis) is 1. The molecule has 5 aliphatic carbocycles. The van der Waals surface area contributed by atoms with Crippen LogP contribution in [0.3, 0.4) is 0 Å². The summed E-state index contributed by atoms with van der Waals surface area (Å²) in [6.07, 6.45) is 9.59. The number of hydrogen-bond donors (Lipinski definition) is 2. The summed E-state index contributed by atoms with van der Waals surface area (Å²) < 4.78 is 6.63. The van der Waals surface area contributed by atoms with Gasteiger partial charge in [-0.05, 0) is 102 Å². The van der Waals surface area contributed by atoms with Crippen molar-refractivity contribution in [1.29, 1.82) is 0 Å². The van der Waals surface area contributed by atoms with Crippen LogP contribution in [0, 0.1) is 17.8 Å². The molecule has 0 aliphatic heterocycles. The predicted octanol–water partition coefficient (Wildman–Crippen LogP) is 6.62. The Bertz CT molecular complexity index is 1200. The summed E-state index contributed by atoms with van der Waals surface area (Å²) in [5, 5.41) is 8.26. The maximum Gasteiger partial charge on any atom is 0.408 e. The maximum atomic E-state index is 13.3. The van der Waals surface area contributed by atoms with Crippen molar-refractivity contribution in [2.24, 2.45) is 17.8 Å². The molecule has 1 amide bonds. The number of nitrogens with one attached hydrogen (secondary N) is 2. The number of ether oxygens (including phenoxy) is 1. The van der Waals surface area contributed by atoms with Crippen LogP contribution in [0.1, 0.15) is 82.5 Å². The molecule has 2 atom stereocenters. The summed E-state index contributed by atoms with van der Waals surface area (Å²) in [6, 6.07) is 6.07. The Morgan fingerprint density at radius 1 is 1.09 bits per heavy atom. The van der Waals surface area contributed by atoms with Gasteiger partial charge in [-0.25, -0.2) is 4.79 Å². The first-order valence-electron chi connectivity index (χ1n) is 12.9. The van der Waals surface area contributed by atoms with Crippen LogP contribution in [-0.4, -0.2) is 33.5 Å². The van der Waals surface area contributed by atoms with Crippen molar-refractivity contribution >= 4 is 44.4 Å².